The number of aliphatic carboxylic acids is 1. The first-order valence-electron chi connectivity index (χ1n) is 4.42. The van der Waals surface area contributed by atoms with Gasteiger partial charge in [0.2, 0.25) is 0 Å². The summed E-state index contributed by atoms with van der Waals surface area (Å²) in [6, 6.07) is 6.26. The molecule has 1 rings (SSSR count). The van der Waals surface area contributed by atoms with Crippen LogP contribution in [0.25, 0.3) is 0 Å². The number of carboxylic acid groups (broad SMARTS) is 1. The van der Waals surface area contributed by atoms with Crippen molar-refractivity contribution in [3.63, 3.8) is 0 Å². The van der Waals surface area contributed by atoms with E-state index in [2.05, 4.69) is 0 Å². The van der Waals surface area contributed by atoms with E-state index in [1.54, 1.807) is 18.2 Å². The Hall–Kier alpha value is -1.50. The van der Waals surface area contributed by atoms with Gasteiger partial charge in [0.1, 0.15) is 11.1 Å². The second kappa shape index (κ2) is 5.02. The van der Waals surface area contributed by atoms with E-state index in [0.29, 0.717) is 5.56 Å². The third-order valence-corrected chi connectivity index (χ3v) is 2.32. The Bertz CT molecular complexity index is 421. The van der Waals surface area contributed by atoms with Crippen LogP contribution in [-0.4, -0.2) is 32.4 Å². The zero-order valence-corrected chi connectivity index (χ0v) is 9.02. The van der Waals surface area contributed by atoms with E-state index in [4.69, 9.17) is 23.1 Å². The maximum atomic E-state index is 10.5. The van der Waals surface area contributed by atoms with Crippen LogP contribution in [0.1, 0.15) is 17.2 Å². The predicted molar refractivity (Wildman–Crippen MR) is 60.9 cm³/mol. The van der Waals surface area contributed by atoms with E-state index in [9.17, 15) is 15.0 Å². The molecular formula is C10H11NO4S. The van der Waals surface area contributed by atoms with Crippen molar-refractivity contribution in [3.05, 3.63) is 35.4 Å². The molecule has 0 heterocycles. The van der Waals surface area contributed by atoms with Gasteiger partial charge in [-0.3, -0.25) is 0 Å². The summed E-state index contributed by atoms with van der Waals surface area (Å²) < 4.78 is 0. The summed E-state index contributed by atoms with van der Waals surface area (Å²) in [7, 11) is 0. The van der Waals surface area contributed by atoms with Crippen LogP contribution in [0.5, 0.6) is 0 Å². The van der Waals surface area contributed by atoms with Crippen molar-refractivity contribution in [2.75, 3.05) is 0 Å². The fraction of sp³-hybridized carbons (Fsp3) is 0.200. The Kier molecular flexibility index (Phi) is 3.94. The van der Waals surface area contributed by atoms with Crippen molar-refractivity contribution in [2.24, 2.45) is 5.73 Å². The molecule has 0 saturated heterocycles. The lowest BCUT2D eigenvalue weighted by Crippen LogP contribution is -2.29. The van der Waals surface area contributed by atoms with Crippen LogP contribution >= 0.6 is 12.2 Å². The summed E-state index contributed by atoms with van der Waals surface area (Å²) >= 11 is 4.76. The highest BCUT2D eigenvalue weighted by molar-refractivity contribution is 7.80. The molecule has 16 heavy (non-hydrogen) atoms. The number of aliphatic hydroxyl groups excluding tert-OH is 2. The predicted octanol–water partition coefficient (Wildman–Crippen LogP) is -0.200. The summed E-state index contributed by atoms with van der Waals surface area (Å²) in [4.78, 5) is 10.6. The Morgan fingerprint density at radius 2 is 1.88 bits per heavy atom. The molecule has 0 aliphatic carbocycles. The molecule has 86 valence electrons. The normalized spacial score (nSPS) is 14.1. The lowest BCUT2D eigenvalue weighted by Gasteiger charge is -2.17. The molecule has 1 aromatic carbocycles. The van der Waals surface area contributed by atoms with Gasteiger partial charge in [0, 0.05) is 5.56 Å². The average Bonchev–Trinajstić information content (AvgIpc) is 2.26. The van der Waals surface area contributed by atoms with Crippen LogP contribution in [0.15, 0.2) is 24.3 Å². The molecule has 0 amide bonds. The number of carbonyl (C=O) groups is 1. The number of rotatable bonds is 4. The van der Waals surface area contributed by atoms with Gasteiger partial charge in [0.25, 0.3) is 0 Å². The number of nitrogens with two attached hydrogens (primary N) is 1. The van der Waals surface area contributed by atoms with Gasteiger partial charge in [-0.25, -0.2) is 4.79 Å². The van der Waals surface area contributed by atoms with Crippen LogP contribution < -0.4 is 5.73 Å². The molecule has 0 radical (unpaired) electrons. The average molecular weight is 241 g/mol. The van der Waals surface area contributed by atoms with E-state index in [0.717, 1.165) is 0 Å². The zero-order valence-electron chi connectivity index (χ0n) is 8.20. The summed E-state index contributed by atoms with van der Waals surface area (Å²) in [5.74, 6) is -1.51. The van der Waals surface area contributed by atoms with Gasteiger partial charge in [-0.05, 0) is 5.56 Å². The molecule has 0 bridgehead atoms. The number of thiocarbonyl (C=S) groups is 1. The van der Waals surface area contributed by atoms with Gasteiger partial charge >= 0.3 is 5.97 Å². The molecular weight excluding hydrogens is 230 g/mol. The number of carboxylic acids is 1. The fourth-order valence-electron chi connectivity index (χ4n) is 1.28. The molecule has 0 aliphatic heterocycles. The quantitative estimate of drug-likeness (QED) is 0.544. The molecule has 2 unspecified atom stereocenters. The first kappa shape index (κ1) is 12.6. The van der Waals surface area contributed by atoms with Crippen LogP contribution in [0.2, 0.25) is 0 Å². The Morgan fingerprint density at radius 1 is 1.31 bits per heavy atom. The molecule has 0 aromatic heterocycles. The second-order valence-electron chi connectivity index (χ2n) is 3.18. The Balaban J connectivity index is 3.12. The monoisotopic (exact) mass is 241 g/mol. The topological polar surface area (TPSA) is 104 Å². The smallest absolute Gasteiger partial charge is 0.335 e. The van der Waals surface area contributed by atoms with Gasteiger partial charge in [0.05, 0.1) is 0 Å². The molecule has 0 aliphatic rings. The van der Waals surface area contributed by atoms with Crippen molar-refractivity contribution in [1.29, 1.82) is 0 Å². The van der Waals surface area contributed by atoms with Gasteiger partial charge in [-0.1, -0.05) is 36.5 Å². The highest BCUT2D eigenvalue weighted by Crippen LogP contribution is 2.21. The minimum Gasteiger partial charge on any atom is -0.479 e. The molecule has 0 saturated carbocycles. The van der Waals surface area contributed by atoms with Crippen molar-refractivity contribution >= 4 is 23.2 Å². The SMILES string of the molecule is NC(=S)c1ccccc1C(O)C(O)C(=O)O. The summed E-state index contributed by atoms with van der Waals surface area (Å²) in [6.07, 6.45) is -3.47. The standard InChI is InChI=1S/C10H11NO4S/c11-9(16)6-4-2-1-3-5(6)7(12)8(13)10(14)15/h1-4,7-8,12-13H,(H2,11,16)(H,14,15). The molecule has 5 N–H and O–H groups in total. The van der Waals surface area contributed by atoms with E-state index in [-0.39, 0.29) is 10.6 Å². The van der Waals surface area contributed by atoms with Crippen molar-refractivity contribution < 1.29 is 20.1 Å². The van der Waals surface area contributed by atoms with E-state index in [1.807, 2.05) is 0 Å². The van der Waals surface area contributed by atoms with Gasteiger partial charge in [-0.15, -0.1) is 0 Å². The number of aliphatic hydroxyl groups is 2. The lowest BCUT2D eigenvalue weighted by atomic mass is 9.98. The van der Waals surface area contributed by atoms with Gasteiger partial charge in [0.15, 0.2) is 6.10 Å². The lowest BCUT2D eigenvalue weighted by molar-refractivity contribution is -0.153. The van der Waals surface area contributed by atoms with E-state index < -0.39 is 18.2 Å². The Labute approximate surface area is 97.1 Å². The van der Waals surface area contributed by atoms with E-state index >= 15 is 0 Å². The van der Waals surface area contributed by atoms with Crippen molar-refractivity contribution in [2.45, 2.75) is 12.2 Å². The molecule has 6 heteroatoms. The van der Waals surface area contributed by atoms with Crippen LogP contribution in [-0.2, 0) is 4.79 Å². The summed E-state index contributed by atoms with van der Waals surface area (Å²) in [5, 5.41) is 27.4. The number of hydrogen-bond acceptors (Lipinski definition) is 4. The van der Waals surface area contributed by atoms with Crippen LogP contribution in [0.3, 0.4) is 0 Å². The molecule has 1 aromatic rings. The fourth-order valence-corrected chi connectivity index (χ4v) is 1.47. The summed E-state index contributed by atoms with van der Waals surface area (Å²) in [6.45, 7) is 0. The molecule has 0 fully saturated rings. The zero-order chi connectivity index (χ0) is 12.3. The molecule has 0 spiro atoms. The largest absolute Gasteiger partial charge is 0.479 e. The van der Waals surface area contributed by atoms with Crippen LogP contribution in [0, 0.1) is 0 Å². The maximum Gasteiger partial charge on any atom is 0.335 e. The maximum absolute atomic E-state index is 10.5. The Morgan fingerprint density at radius 3 is 2.38 bits per heavy atom. The number of hydrogen-bond donors (Lipinski definition) is 4. The summed E-state index contributed by atoms with van der Waals surface area (Å²) in [5.41, 5.74) is 5.97. The molecule has 5 nitrogen and oxygen atoms in total. The highest BCUT2D eigenvalue weighted by Gasteiger charge is 2.27. The van der Waals surface area contributed by atoms with Crippen molar-refractivity contribution in [3.8, 4) is 0 Å². The van der Waals surface area contributed by atoms with Gasteiger partial charge < -0.3 is 21.1 Å². The second-order valence-corrected chi connectivity index (χ2v) is 3.62. The minimum absolute atomic E-state index is 0.0345. The first-order chi connectivity index (χ1) is 7.45. The first-order valence-corrected chi connectivity index (χ1v) is 4.83. The van der Waals surface area contributed by atoms with Crippen molar-refractivity contribution in [1.82, 2.24) is 0 Å². The van der Waals surface area contributed by atoms with Crippen LogP contribution in [0.4, 0.5) is 0 Å². The third kappa shape index (κ3) is 2.54. The third-order valence-electron chi connectivity index (χ3n) is 2.10. The van der Waals surface area contributed by atoms with E-state index in [1.165, 1.54) is 6.07 Å². The number of benzene rings is 1. The highest BCUT2D eigenvalue weighted by atomic mass is 32.1. The minimum atomic E-state index is -1.91. The molecule has 2 atom stereocenters. The van der Waals surface area contributed by atoms with Gasteiger partial charge in [-0.2, -0.15) is 0 Å².